The van der Waals surface area contributed by atoms with Crippen molar-refractivity contribution in [3.05, 3.63) is 0 Å². The highest BCUT2D eigenvalue weighted by Gasteiger charge is 2.08. The van der Waals surface area contributed by atoms with Crippen LogP contribution in [0, 0.1) is 23.2 Å². The fourth-order valence-electron chi connectivity index (χ4n) is 1.20. The predicted octanol–water partition coefficient (Wildman–Crippen LogP) is 3.73. The zero-order valence-electron chi connectivity index (χ0n) is 8.93. The molecule has 0 saturated heterocycles. The Morgan fingerprint density at radius 3 is 2.08 bits per heavy atom. The fourth-order valence-corrected chi connectivity index (χ4v) is 1.20. The zero-order valence-corrected chi connectivity index (χ0v) is 8.93. The molecule has 0 fully saturated rings. The molecule has 1 unspecified atom stereocenters. The summed E-state index contributed by atoms with van der Waals surface area (Å²) < 4.78 is 0. The molecule has 0 aromatic rings. The second-order valence-corrected chi connectivity index (χ2v) is 4.34. The summed E-state index contributed by atoms with van der Waals surface area (Å²) in [6.07, 6.45) is 5.07. The molecule has 0 spiro atoms. The van der Waals surface area contributed by atoms with Crippen molar-refractivity contribution in [1.29, 1.82) is 5.41 Å². The molecule has 1 nitrogen and oxygen atoms in total. The molecule has 0 aliphatic rings. The van der Waals surface area contributed by atoms with Crippen LogP contribution in [0.15, 0.2) is 0 Å². The molecule has 0 aromatic carbocycles. The van der Waals surface area contributed by atoms with Crippen LogP contribution in [0.25, 0.3) is 0 Å². The molecule has 1 heteroatoms. The van der Waals surface area contributed by atoms with E-state index in [1.807, 2.05) is 0 Å². The lowest BCUT2D eigenvalue weighted by molar-refractivity contribution is 0.354. The van der Waals surface area contributed by atoms with Crippen molar-refractivity contribution in [3.63, 3.8) is 0 Å². The third-order valence-electron chi connectivity index (χ3n) is 2.77. The molecule has 0 radical (unpaired) electrons. The minimum Gasteiger partial charge on any atom is -0.313 e. The van der Waals surface area contributed by atoms with Crippen LogP contribution in [0.4, 0.5) is 0 Å². The first-order valence-electron chi connectivity index (χ1n) is 5.06. The van der Waals surface area contributed by atoms with E-state index in [0.717, 1.165) is 18.3 Å². The summed E-state index contributed by atoms with van der Waals surface area (Å²) in [5.74, 6) is 2.33. The van der Waals surface area contributed by atoms with Gasteiger partial charge in [0, 0.05) is 0 Å². The van der Waals surface area contributed by atoms with Crippen molar-refractivity contribution in [2.75, 3.05) is 0 Å². The lowest BCUT2D eigenvalue weighted by atomic mass is 9.89. The highest BCUT2D eigenvalue weighted by molar-refractivity contribution is 5.53. The van der Waals surface area contributed by atoms with Gasteiger partial charge in [0.25, 0.3) is 0 Å². The summed E-state index contributed by atoms with van der Waals surface area (Å²) in [6, 6.07) is 0. The molecule has 0 aliphatic heterocycles. The lowest BCUT2D eigenvalue weighted by Crippen LogP contribution is -2.06. The van der Waals surface area contributed by atoms with Crippen molar-refractivity contribution in [1.82, 2.24) is 0 Å². The van der Waals surface area contributed by atoms with Crippen molar-refractivity contribution in [2.24, 2.45) is 17.8 Å². The number of nitrogens with one attached hydrogen (secondary N) is 1. The van der Waals surface area contributed by atoms with Crippen LogP contribution in [0.2, 0.25) is 0 Å². The Morgan fingerprint density at radius 2 is 1.67 bits per heavy atom. The van der Waals surface area contributed by atoms with Gasteiger partial charge in [-0.2, -0.15) is 0 Å². The van der Waals surface area contributed by atoms with E-state index in [1.54, 1.807) is 0 Å². The minimum atomic E-state index is 0.698. The third kappa shape index (κ3) is 5.34. The molecular formula is C11H23N. The van der Waals surface area contributed by atoms with E-state index in [2.05, 4.69) is 27.7 Å². The molecule has 0 heterocycles. The molecule has 1 N–H and O–H groups in total. The second-order valence-electron chi connectivity index (χ2n) is 4.34. The van der Waals surface area contributed by atoms with Crippen molar-refractivity contribution < 1.29 is 0 Å². The first kappa shape index (κ1) is 11.7. The van der Waals surface area contributed by atoms with Crippen LogP contribution in [0.5, 0.6) is 0 Å². The number of hydrogen-bond donors (Lipinski definition) is 1. The molecule has 0 saturated carbocycles. The van der Waals surface area contributed by atoms with E-state index < -0.39 is 0 Å². The monoisotopic (exact) mass is 169 g/mol. The van der Waals surface area contributed by atoms with E-state index in [-0.39, 0.29) is 0 Å². The van der Waals surface area contributed by atoms with Crippen LogP contribution in [-0.4, -0.2) is 6.21 Å². The fraction of sp³-hybridized carbons (Fsp3) is 0.909. The Kier molecular flexibility index (Phi) is 6.04. The Hall–Kier alpha value is -0.330. The van der Waals surface area contributed by atoms with Crippen LogP contribution >= 0.6 is 0 Å². The molecule has 0 amide bonds. The Balaban J connectivity index is 3.46. The van der Waals surface area contributed by atoms with Crippen LogP contribution in [0.1, 0.15) is 47.0 Å². The third-order valence-corrected chi connectivity index (χ3v) is 2.77. The van der Waals surface area contributed by atoms with E-state index in [4.69, 9.17) is 5.41 Å². The van der Waals surface area contributed by atoms with Crippen molar-refractivity contribution in [3.8, 4) is 0 Å². The first-order valence-corrected chi connectivity index (χ1v) is 5.06. The van der Waals surface area contributed by atoms with Gasteiger partial charge >= 0.3 is 0 Å². The summed E-state index contributed by atoms with van der Waals surface area (Å²) >= 11 is 0. The van der Waals surface area contributed by atoms with Crippen LogP contribution < -0.4 is 0 Å². The van der Waals surface area contributed by atoms with Gasteiger partial charge in [0.15, 0.2) is 0 Å². The summed E-state index contributed by atoms with van der Waals surface area (Å²) in [6.45, 7) is 9.12. The molecule has 0 rings (SSSR count). The lowest BCUT2D eigenvalue weighted by Gasteiger charge is -2.17. The second kappa shape index (κ2) is 6.22. The van der Waals surface area contributed by atoms with Gasteiger partial charge in [-0.05, 0) is 30.4 Å². The molecule has 0 aromatic heterocycles. The molecular weight excluding hydrogens is 146 g/mol. The summed E-state index contributed by atoms with van der Waals surface area (Å²) in [7, 11) is 0. The Labute approximate surface area is 77.1 Å². The predicted molar refractivity (Wildman–Crippen MR) is 55.8 cm³/mol. The standard InChI is InChI=1S/C11H23N/c1-9(2)11(4)6-5-10(3)7-8-12/h8-12H,5-7H2,1-4H3/t10-,11?/m1/s1. The SMILES string of the molecule is CC(C)C(C)CC[C@@H](C)CC=N. The van der Waals surface area contributed by atoms with Crippen molar-refractivity contribution >= 4 is 6.21 Å². The smallest absolute Gasteiger partial charge is 0.00451 e. The summed E-state index contributed by atoms with van der Waals surface area (Å²) in [4.78, 5) is 0. The molecule has 12 heavy (non-hydrogen) atoms. The van der Waals surface area contributed by atoms with Gasteiger partial charge in [-0.25, -0.2) is 0 Å². The normalized spacial score (nSPS) is 16.1. The molecule has 2 atom stereocenters. The molecule has 0 aliphatic carbocycles. The largest absolute Gasteiger partial charge is 0.313 e. The molecule has 0 bridgehead atoms. The van der Waals surface area contributed by atoms with Gasteiger partial charge in [-0.1, -0.05) is 40.5 Å². The Bertz CT molecular complexity index is 118. The summed E-state index contributed by atoms with van der Waals surface area (Å²) in [5.41, 5.74) is 0. The highest BCUT2D eigenvalue weighted by Crippen LogP contribution is 2.20. The van der Waals surface area contributed by atoms with Gasteiger partial charge in [0.05, 0.1) is 0 Å². The van der Waals surface area contributed by atoms with Gasteiger partial charge in [-0.3, -0.25) is 0 Å². The molecule has 72 valence electrons. The first-order chi connectivity index (χ1) is 5.57. The maximum absolute atomic E-state index is 6.98. The highest BCUT2D eigenvalue weighted by atomic mass is 14.3. The van der Waals surface area contributed by atoms with Crippen LogP contribution in [-0.2, 0) is 0 Å². The average molecular weight is 169 g/mol. The minimum absolute atomic E-state index is 0.698. The summed E-state index contributed by atoms with van der Waals surface area (Å²) in [5, 5.41) is 6.98. The van der Waals surface area contributed by atoms with Gasteiger partial charge in [0.1, 0.15) is 0 Å². The van der Waals surface area contributed by atoms with Crippen LogP contribution in [0.3, 0.4) is 0 Å². The van der Waals surface area contributed by atoms with E-state index in [1.165, 1.54) is 19.1 Å². The number of rotatable bonds is 6. The van der Waals surface area contributed by atoms with Gasteiger partial charge < -0.3 is 5.41 Å². The van der Waals surface area contributed by atoms with Gasteiger partial charge in [-0.15, -0.1) is 0 Å². The van der Waals surface area contributed by atoms with E-state index in [0.29, 0.717) is 5.92 Å². The van der Waals surface area contributed by atoms with Crippen molar-refractivity contribution in [2.45, 2.75) is 47.0 Å². The topological polar surface area (TPSA) is 23.9 Å². The number of hydrogen-bond acceptors (Lipinski definition) is 1. The van der Waals surface area contributed by atoms with Gasteiger partial charge in [0.2, 0.25) is 0 Å². The zero-order chi connectivity index (χ0) is 9.56. The Morgan fingerprint density at radius 1 is 1.08 bits per heavy atom. The maximum atomic E-state index is 6.98. The quantitative estimate of drug-likeness (QED) is 0.586. The van der Waals surface area contributed by atoms with E-state index in [9.17, 15) is 0 Å². The maximum Gasteiger partial charge on any atom is -0.00451 e. The average Bonchev–Trinajstić information content (AvgIpc) is 2.00. The van der Waals surface area contributed by atoms with E-state index >= 15 is 0 Å².